The molecule has 2 aliphatic rings. The van der Waals surface area contributed by atoms with Crippen molar-refractivity contribution in [1.29, 1.82) is 0 Å². The maximum absolute atomic E-state index is 15.1. The first kappa shape index (κ1) is 34.6. The summed E-state index contributed by atoms with van der Waals surface area (Å²) in [6.07, 6.45) is 5.29. The molecule has 0 spiro atoms. The van der Waals surface area contributed by atoms with Crippen LogP contribution in [0.5, 0.6) is 0 Å². The fourth-order valence-electron chi connectivity index (χ4n) is 7.13. The molecule has 0 bridgehead atoms. The Kier molecular flexibility index (Phi) is 11.8. The van der Waals surface area contributed by atoms with E-state index in [1.165, 1.54) is 24.3 Å². The van der Waals surface area contributed by atoms with Gasteiger partial charge in [0.05, 0.1) is 0 Å². The van der Waals surface area contributed by atoms with Gasteiger partial charge in [0.25, 0.3) is 11.8 Å². The Balaban J connectivity index is 1.58. The van der Waals surface area contributed by atoms with Gasteiger partial charge in [0.1, 0.15) is 17.4 Å². The van der Waals surface area contributed by atoms with E-state index in [2.05, 4.69) is 32.9 Å². The molecule has 3 amide bonds. The minimum absolute atomic E-state index is 0.0345. The molecule has 1 fully saturated rings. The highest BCUT2D eigenvalue weighted by molar-refractivity contribution is 7.85. The van der Waals surface area contributed by atoms with Gasteiger partial charge < -0.3 is 10.6 Å². The second-order valence-electron chi connectivity index (χ2n) is 13.3. The molecule has 2 N–H and O–H groups in total. The van der Waals surface area contributed by atoms with Crippen LogP contribution in [0.2, 0.25) is 0 Å². The molecule has 10 heteroatoms. The number of nitrogens with zero attached hydrogens (tertiary/aromatic N) is 2. The molecule has 45 heavy (non-hydrogen) atoms. The molecule has 0 aromatic heterocycles. The van der Waals surface area contributed by atoms with Crippen LogP contribution in [-0.4, -0.2) is 68.9 Å². The minimum Gasteiger partial charge on any atom is -0.338 e. The Morgan fingerprint density at radius 2 is 1.73 bits per heavy atom. The van der Waals surface area contributed by atoms with Crippen LogP contribution in [-0.2, 0) is 31.6 Å². The predicted octanol–water partition coefficient (Wildman–Crippen LogP) is 4.97. The molecule has 1 saturated carbocycles. The van der Waals surface area contributed by atoms with Crippen LogP contribution < -0.4 is 5.73 Å². The minimum atomic E-state index is -1.51. The molecule has 244 valence electrons. The topological polar surface area (TPSA) is 101 Å². The van der Waals surface area contributed by atoms with E-state index < -0.39 is 22.4 Å². The quantitative estimate of drug-likeness (QED) is 0.294. The van der Waals surface area contributed by atoms with E-state index in [-0.39, 0.29) is 65.0 Å². The molecule has 1 aliphatic heterocycles. The summed E-state index contributed by atoms with van der Waals surface area (Å²) in [5.74, 6) is -2.08. The fourth-order valence-corrected chi connectivity index (χ4v) is 8.16. The van der Waals surface area contributed by atoms with Crippen LogP contribution in [0.1, 0.15) is 63.5 Å². The molecular weight excluding hydrogens is 596 g/mol. The molecule has 1 aliphatic carbocycles. The van der Waals surface area contributed by atoms with Crippen LogP contribution in [0.4, 0.5) is 8.78 Å². The highest BCUT2D eigenvalue weighted by Crippen LogP contribution is 2.50. The predicted molar refractivity (Wildman–Crippen MR) is 172 cm³/mol. The molecule has 0 saturated heterocycles. The van der Waals surface area contributed by atoms with Crippen molar-refractivity contribution in [1.82, 2.24) is 9.80 Å². The van der Waals surface area contributed by atoms with E-state index in [4.69, 9.17) is 5.73 Å². The van der Waals surface area contributed by atoms with Gasteiger partial charge in [-0.15, -0.1) is 0 Å². The third-order valence-electron chi connectivity index (χ3n) is 8.98. The lowest BCUT2D eigenvalue weighted by atomic mass is 9.72. The summed E-state index contributed by atoms with van der Waals surface area (Å²) in [6.45, 7) is 7.18. The number of rotatable bonds is 14. The normalized spacial score (nSPS) is 21.4. The van der Waals surface area contributed by atoms with E-state index in [0.717, 1.165) is 23.0 Å². The molecule has 0 radical (unpaired) electrons. The van der Waals surface area contributed by atoms with E-state index in [1.54, 1.807) is 0 Å². The van der Waals surface area contributed by atoms with Crippen molar-refractivity contribution >= 4 is 28.5 Å². The zero-order chi connectivity index (χ0) is 32.7. The van der Waals surface area contributed by atoms with Gasteiger partial charge in [-0.3, -0.25) is 23.5 Å². The molecule has 4 unspecified atom stereocenters. The average Bonchev–Trinajstić information content (AvgIpc) is 3.53. The summed E-state index contributed by atoms with van der Waals surface area (Å²) in [7, 11) is -1.51. The highest BCUT2D eigenvalue weighted by Gasteiger charge is 2.47. The van der Waals surface area contributed by atoms with Crippen molar-refractivity contribution < 1.29 is 27.4 Å². The van der Waals surface area contributed by atoms with Gasteiger partial charge >= 0.3 is 0 Å². The lowest BCUT2D eigenvalue weighted by Crippen LogP contribution is -2.54. The largest absolute Gasteiger partial charge is 0.338 e. The Hall–Kier alpha value is -3.24. The maximum atomic E-state index is 15.1. The van der Waals surface area contributed by atoms with Crippen LogP contribution in [0.15, 0.2) is 60.7 Å². The Labute approximate surface area is 267 Å². The zero-order valence-electron chi connectivity index (χ0n) is 26.4. The lowest BCUT2D eigenvalue weighted by molar-refractivity contribution is -0.137. The van der Waals surface area contributed by atoms with Crippen LogP contribution in [0.3, 0.4) is 0 Å². The number of carbonyl (C=O) groups is 3. The van der Waals surface area contributed by atoms with Gasteiger partial charge in [-0.05, 0) is 91.1 Å². The Morgan fingerprint density at radius 3 is 2.38 bits per heavy atom. The number of nitrogens with two attached hydrogens (primary N) is 1. The summed E-state index contributed by atoms with van der Waals surface area (Å²) in [6, 6.07) is 13.4. The number of amides is 3. The zero-order valence-corrected chi connectivity index (χ0v) is 27.2. The molecule has 2 aromatic carbocycles. The van der Waals surface area contributed by atoms with Gasteiger partial charge in [0.2, 0.25) is 5.91 Å². The van der Waals surface area contributed by atoms with Gasteiger partial charge in [-0.2, -0.15) is 0 Å². The van der Waals surface area contributed by atoms with Gasteiger partial charge in [-0.1, -0.05) is 51.1 Å². The number of imide groups is 1. The SMILES string of the molecule is CC(C)(C)[C@H](C1CC(c2cc(F)ccc2F)CC1Cc1ccccc1)N(CCCN)C(=O)CS(=O)CCCN1C(=O)C=CC1=O. The van der Waals surface area contributed by atoms with Crippen molar-refractivity contribution in [3.63, 3.8) is 0 Å². The standard InChI is InChI=1S/C35H45F2N3O4S/c1-35(2,3)34(40(16-7-15-38)33(43)23-45(44)18-8-17-39-31(41)13-14-32(39)42)29-21-26(28-22-27(36)11-12-30(28)37)20-25(29)19-24-9-5-4-6-10-24/h4-6,9-14,22,25-26,29,34H,7-8,15-21,23,38H2,1-3H3/t25?,26?,29?,34-,45?/m0/s1. The fraction of sp³-hybridized carbons (Fsp3) is 0.514. The van der Waals surface area contributed by atoms with Crippen molar-refractivity contribution in [2.45, 2.75) is 64.8 Å². The number of carbonyl (C=O) groups excluding carboxylic acids is 3. The molecular formula is C35H45F2N3O4S. The van der Waals surface area contributed by atoms with Gasteiger partial charge in [0, 0.05) is 47.8 Å². The third kappa shape index (κ3) is 8.94. The number of halogens is 2. The summed E-state index contributed by atoms with van der Waals surface area (Å²) < 4.78 is 42.5. The second-order valence-corrected chi connectivity index (χ2v) is 14.9. The maximum Gasteiger partial charge on any atom is 0.253 e. The van der Waals surface area contributed by atoms with Crippen LogP contribution >= 0.6 is 0 Å². The smallest absolute Gasteiger partial charge is 0.253 e. The summed E-state index contributed by atoms with van der Waals surface area (Å²) >= 11 is 0. The van der Waals surface area contributed by atoms with Crippen molar-refractivity contribution in [3.05, 3.63) is 83.4 Å². The Morgan fingerprint density at radius 1 is 1.04 bits per heavy atom. The van der Waals surface area contributed by atoms with Gasteiger partial charge in [0.15, 0.2) is 0 Å². The molecule has 4 rings (SSSR count). The number of hydrogen-bond acceptors (Lipinski definition) is 5. The van der Waals surface area contributed by atoms with Crippen molar-refractivity contribution in [2.24, 2.45) is 23.0 Å². The van der Waals surface area contributed by atoms with E-state index >= 15 is 4.39 Å². The molecule has 2 aromatic rings. The van der Waals surface area contributed by atoms with E-state index in [9.17, 15) is 23.0 Å². The molecule has 5 atom stereocenters. The monoisotopic (exact) mass is 641 g/mol. The number of benzene rings is 2. The molecule has 1 heterocycles. The Bertz CT molecular complexity index is 1390. The number of hydrogen-bond donors (Lipinski definition) is 1. The van der Waals surface area contributed by atoms with Crippen LogP contribution in [0, 0.1) is 28.9 Å². The average molecular weight is 642 g/mol. The second kappa shape index (κ2) is 15.4. The molecule has 7 nitrogen and oxygen atoms in total. The van der Waals surface area contributed by atoms with Crippen molar-refractivity contribution in [2.75, 3.05) is 31.1 Å². The first-order valence-electron chi connectivity index (χ1n) is 15.8. The summed E-state index contributed by atoms with van der Waals surface area (Å²) in [5, 5.41) is 0. The van der Waals surface area contributed by atoms with E-state index in [1.807, 2.05) is 23.1 Å². The van der Waals surface area contributed by atoms with E-state index in [0.29, 0.717) is 44.3 Å². The van der Waals surface area contributed by atoms with Crippen molar-refractivity contribution in [3.8, 4) is 0 Å². The first-order chi connectivity index (χ1) is 21.4. The summed E-state index contributed by atoms with van der Waals surface area (Å²) in [4.78, 5) is 40.6. The highest BCUT2D eigenvalue weighted by atomic mass is 32.2. The summed E-state index contributed by atoms with van der Waals surface area (Å²) in [5.41, 5.74) is 7.04. The third-order valence-corrected chi connectivity index (χ3v) is 10.3. The van der Waals surface area contributed by atoms with Gasteiger partial charge in [-0.25, -0.2) is 8.78 Å². The lowest BCUT2D eigenvalue weighted by Gasteiger charge is -2.46. The van der Waals surface area contributed by atoms with Crippen LogP contribution in [0.25, 0.3) is 0 Å². The first-order valence-corrected chi connectivity index (χ1v) is 17.2.